The number of carbonyl (C=O) groups excluding carboxylic acids is 2. The van der Waals surface area contributed by atoms with Gasteiger partial charge >= 0.3 is 5.97 Å². The van der Waals surface area contributed by atoms with Crippen LogP contribution in [0, 0.1) is 24.2 Å². The van der Waals surface area contributed by atoms with E-state index in [0.717, 1.165) is 19.3 Å². The molecule has 5 rings (SSSR count). The average Bonchev–Trinajstić information content (AvgIpc) is 2.58. The lowest BCUT2D eigenvalue weighted by Gasteiger charge is -2.61. The zero-order chi connectivity index (χ0) is 18.5. The SMILES string of the molecule is Cc1ccc(C23C[C@H]4C[C@@H](CC(C(=O)OCC(=O)N(C)C)(C4)C2)C3)cc1. The van der Waals surface area contributed by atoms with Crippen molar-refractivity contribution in [3.8, 4) is 0 Å². The summed E-state index contributed by atoms with van der Waals surface area (Å²) in [4.78, 5) is 26.4. The second kappa shape index (κ2) is 6.11. The molecule has 0 spiro atoms. The van der Waals surface area contributed by atoms with Gasteiger partial charge < -0.3 is 9.64 Å². The summed E-state index contributed by atoms with van der Waals surface area (Å²) in [7, 11) is 3.38. The van der Waals surface area contributed by atoms with E-state index in [-0.39, 0.29) is 29.3 Å². The van der Waals surface area contributed by atoms with Crippen LogP contribution in [-0.4, -0.2) is 37.5 Å². The second-order valence-electron chi connectivity index (χ2n) is 9.25. The Kier molecular flexibility index (Phi) is 4.13. The lowest BCUT2D eigenvalue weighted by Crippen LogP contribution is -2.57. The van der Waals surface area contributed by atoms with Gasteiger partial charge in [0.15, 0.2) is 6.61 Å². The van der Waals surface area contributed by atoms with E-state index < -0.39 is 0 Å². The Balaban J connectivity index is 1.59. The van der Waals surface area contributed by atoms with Crippen LogP contribution >= 0.6 is 0 Å². The molecule has 1 aromatic rings. The third kappa shape index (κ3) is 2.83. The zero-order valence-electron chi connectivity index (χ0n) is 16.1. The minimum atomic E-state index is -0.387. The average molecular weight is 355 g/mol. The monoisotopic (exact) mass is 355 g/mol. The second-order valence-corrected chi connectivity index (χ2v) is 9.25. The molecule has 4 fully saturated rings. The number of nitrogens with zero attached hydrogens (tertiary/aromatic N) is 1. The highest BCUT2D eigenvalue weighted by Crippen LogP contribution is 2.66. The number of ether oxygens (including phenoxy) is 1. The minimum Gasteiger partial charge on any atom is -0.455 e. The van der Waals surface area contributed by atoms with E-state index >= 15 is 0 Å². The van der Waals surface area contributed by atoms with Crippen molar-refractivity contribution in [2.24, 2.45) is 17.3 Å². The molecule has 4 heteroatoms. The molecule has 1 aromatic carbocycles. The molecular weight excluding hydrogens is 326 g/mol. The van der Waals surface area contributed by atoms with E-state index in [9.17, 15) is 9.59 Å². The van der Waals surface area contributed by atoms with Gasteiger partial charge in [0.2, 0.25) is 0 Å². The Morgan fingerprint density at radius 2 is 1.69 bits per heavy atom. The van der Waals surface area contributed by atoms with Gasteiger partial charge in [-0.1, -0.05) is 29.8 Å². The Hall–Kier alpha value is -1.84. The van der Waals surface area contributed by atoms with Crippen LogP contribution in [0.5, 0.6) is 0 Å². The highest BCUT2D eigenvalue weighted by Gasteiger charge is 2.61. The molecule has 26 heavy (non-hydrogen) atoms. The van der Waals surface area contributed by atoms with Crippen LogP contribution in [0.2, 0.25) is 0 Å². The van der Waals surface area contributed by atoms with E-state index in [2.05, 4.69) is 31.2 Å². The molecule has 4 aliphatic rings. The molecule has 0 N–H and O–H groups in total. The van der Waals surface area contributed by atoms with Gasteiger partial charge in [-0.3, -0.25) is 9.59 Å². The van der Waals surface area contributed by atoms with Crippen molar-refractivity contribution < 1.29 is 14.3 Å². The predicted octanol–water partition coefficient (Wildman–Crippen LogP) is 3.46. The number of hydrogen-bond acceptors (Lipinski definition) is 3. The molecule has 4 bridgehead atoms. The molecule has 4 saturated carbocycles. The lowest BCUT2D eigenvalue weighted by atomic mass is 9.43. The molecule has 1 amide bonds. The maximum absolute atomic E-state index is 13.1. The van der Waals surface area contributed by atoms with Crippen molar-refractivity contribution in [2.75, 3.05) is 20.7 Å². The Bertz CT molecular complexity index is 707. The lowest BCUT2D eigenvalue weighted by molar-refractivity contribution is -0.176. The van der Waals surface area contributed by atoms with Crippen LogP contribution in [0.4, 0.5) is 0 Å². The van der Waals surface area contributed by atoms with Gasteiger partial charge in [-0.2, -0.15) is 0 Å². The van der Waals surface area contributed by atoms with Gasteiger partial charge in [-0.25, -0.2) is 0 Å². The summed E-state index contributed by atoms with van der Waals surface area (Å²) in [6.45, 7) is 1.98. The predicted molar refractivity (Wildman–Crippen MR) is 99.6 cm³/mol. The fourth-order valence-electron chi connectivity index (χ4n) is 6.16. The van der Waals surface area contributed by atoms with Crippen molar-refractivity contribution >= 4 is 11.9 Å². The summed E-state index contributed by atoms with van der Waals surface area (Å²) in [6, 6.07) is 8.90. The Morgan fingerprint density at radius 3 is 2.27 bits per heavy atom. The summed E-state index contributed by atoms with van der Waals surface area (Å²) in [5, 5.41) is 0. The zero-order valence-corrected chi connectivity index (χ0v) is 16.1. The third-order valence-electron chi connectivity index (χ3n) is 6.98. The number of aryl methyl sites for hydroxylation is 1. The quantitative estimate of drug-likeness (QED) is 0.777. The summed E-state index contributed by atoms with van der Waals surface area (Å²) in [6.07, 6.45) is 6.39. The van der Waals surface area contributed by atoms with Crippen molar-refractivity contribution in [3.05, 3.63) is 35.4 Å². The Morgan fingerprint density at radius 1 is 1.08 bits per heavy atom. The smallest absolute Gasteiger partial charge is 0.312 e. The number of carbonyl (C=O) groups is 2. The molecule has 2 atom stereocenters. The van der Waals surface area contributed by atoms with E-state index in [0.29, 0.717) is 11.8 Å². The van der Waals surface area contributed by atoms with E-state index in [1.165, 1.54) is 35.3 Å². The number of benzene rings is 1. The van der Waals surface area contributed by atoms with Gasteiger partial charge in [0.1, 0.15) is 0 Å². The van der Waals surface area contributed by atoms with Crippen LogP contribution < -0.4 is 0 Å². The van der Waals surface area contributed by atoms with Gasteiger partial charge in [0.05, 0.1) is 5.41 Å². The van der Waals surface area contributed by atoms with Gasteiger partial charge in [-0.05, 0) is 68.3 Å². The summed E-state index contributed by atoms with van der Waals surface area (Å²) < 4.78 is 5.52. The first-order valence-corrected chi connectivity index (χ1v) is 9.76. The molecule has 0 aliphatic heterocycles. The molecule has 0 unspecified atom stereocenters. The first-order valence-electron chi connectivity index (χ1n) is 9.76. The van der Waals surface area contributed by atoms with Crippen molar-refractivity contribution in [3.63, 3.8) is 0 Å². The minimum absolute atomic E-state index is 0.113. The first kappa shape index (κ1) is 17.6. The molecule has 4 nitrogen and oxygen atoms in total. The van der Waals surface area contributed by atoms with Gasteiger partial charge in [-0.15, -0.1) is 0 Å². The molecule has 0 radical (unpaired) electrons. The molecule has 0 heterocycles. The van der Waals surface area contributed by atoms with Gasteiger partial charge in [0.25, 0.3) is 5.91 Å². The fourth-order valence-corrected chi connectivity index (χ4v) is 6.16. The molecule has 0 saturated heterocycles. The molecule has 140 valence electrons. The van der Waals surface area contributed by atoms with Gasteiger partial charge in [0, 0.05) is 14.1 Å². The van der Waals surface area contributed by atoms with Crippen LogP contribution in [0.15, 0.2) is 24.3 Å². The van der Waals surface area contributed by atoms with E-state index in [4.69, 9.17) is 4.74 Å². The maximum Gasteiger partial charge on any atom is 0.312 e. The number of rotatable bonds is 4. The van der Waals surface area contributed by atoms with E-state index in [1.54, 1.807) is 14.1 Å². The van der Waals surface area contributed by atoms with E-state index in [1.807, 2.05) is 0 Å². The number of hydrogen-bond donors (Lipinski definition) is 0. The molecular formula is C22H29NO3. The standard InChI is InChI=1S/C22H29NO3/c1-15-4-6-18(7-5-15)21-9-16-8-17(10-21)12-22(11-16,14-21)20(25)26-13-19(24)23(2)3/h4-7,16-17H,8-14H2,1-3H3/t16-,17-,21?,22?/m1/s1. The van der Waals surface area contributed by atoms with Crippen molar-refractivity contribution in [1.82, 2.24) is 4.90 Å². The number of esters is 1. The summed E-state index contributed by atoms with van der Waals surface area (Å²) in [5.41, 5.74) is 2.39. The van der Waals surface area contributed by atoms with Crippen LogP contribution in [0.1, 0.15) is 49.7 Å². The first-order chi connectivity index (χ1) is 12.3. The normalized spacial score (nSPS) is 34.6. The van der Waals surface area contributed by atoms with Crippen LogP contribution in [0.3, 0.4) is 0 Å². The summed E-state index contributed by atoms with van der Waals surface area (Å²) in [5.74, 6) is 0.916. The largest absolute Gasteiger partial charge is 0.455 e. The van der Waals surface area contributed by atoms with Crippen LogP contribution in [0.25, 0.3) is 0 Å². The van der Waals surface area contributed by atoms with Crippen molar-refractivity contribution in [1.29, 1.82) is 0 Å². The summed E-state index contributed by atoms with van der Waals surface area (Å²) >= 11 is 0. The Labute approximate surface area is 155 Å². The molecule has 0 aromatic heterocycles. The molecule has 4 aliphatic carbocycles. The van der Waals surface area contributed by atoms with Crippen molar-refractivity contribution in [2.45, 2.75) is 50.9 Å². The third-order valence-corrected chi connectivity index (χ3v) is 6.98. The fraction of sp³-hybridized carbons (Fsp3) is 0.636. The number of amides is 1. The van der Waals surface area contributed by atoms with Crippen LogP contribution in [-0.2, 0) is 19.7 Å². The maximum atomic E-state index is 13.1. The number of likely N-dealkylation sites (N-methyl/N-ethyl adjacent to an activating group) is 1. The topological polar surface area (TPSA) is 46.6 Å². The highest BCUT2D eigenvalue weighted by molar-refractivity contribution is 5.83. The highest BCUT2D eigenvalue weighted by atomic mass is 16.5.